The molecular formula is C20H26N2O4. The number of hydrogen-bond acceptors (Lipinski definition) is 3. The van der Waals surface area contributed by atoms with Crippen LogP contribution in [-0.4, -0.2) is 40.0 Å². The van der Waals surface area contributed by atoms with E-state index in [0.717, 1.165) is 36.1 Å². The molecule has 1 heterocycles. The number of urea groups is 1. The van der Waals surface area contributed by atoms with Gasteiger partial charge in [-0.3, -0.25) is 4.79 Å². The van der Waals surface area contributed by atoms with Gasteiger partial charge in [0.2, 0.25) is 5.91 Å². The lowest BCUT2D eigenvalue weighted by atomic mass is 9.82. The third kappa shape index (κ3) is 3.74. The summed E-state index contributed by atoms with van der Waals surface area (Å²) in [5, 5.41) is 12.4. The van der Waals surface area contributed by atoms with Gasteiger partial charge in [0.15, 0.2) is 6.04 Å². The van der Waals surface area contributed by atoms with E-state index < -0.39 is 29.9 Å². The van der Waals surface area contributed by atoms with Crippen molar-refractivity contribution in [2.24, 2.45) is 11.8 Å². The van der Waals surface area contributed by atoms with E-state index >= 15 is 0 Å². The number of nitrogens with zero attached hydrogens (tertiary/aromatic N) is 1. The molecule has 1 saturated heterocycles. The van der Waals surface area contributed by atoms with Crippen molar-refractivity contribution in [2.75, 3.05) is 0 Å². The highest BCUT2D eigenvalue weighted by molar-refractivity contribution is 6.07. The molecule has 3 rings (SSSR count). The van der Waals surface area contributed by atoms with Gasteiger partial charge in [0.1, 0.15) is 0 Å². The molecule has 0 bridgehead atoms. The first-order valence-electron chi connectivity index (χ1n) is 9.39. The monoisotopic (exact) mass is 358 g/mol. The number of amides is 3. The van der Waals surface area contributed by atoms with Crippen LogP contribution in [0.5, 0.6) is 0 Å². The molecule has 0 radical (unpaired) electrons. The van der Waals surface area contributed by atoms with Crippen LogP contribution < -0.4 is 5.32 Å². The van der Waals surface area contributed by atoms with E-state index in [1.54, 1.807) is 0 Å². The Hall–Kier alpha value is -2.37. The molecule has 2 aliphatic rings. The fraction of sp³-hybridized carbons (Fsp3) is 0.550. The number of rotatable bonds is 5. The molecule has 0 aromatic heterocycles. The summed E-state index contributed by atoms with van der Waals surface area (Å²) in [6.45, 7) is 1.94. The molecule has 26 heavy (non-hydrogen) atoms. The van der Waals surface area contributed by atoms with E-state index in [4.69, 9.17) is 0 Å². The number of nitrogens with one attached hydrogen (secondary N) is 1. The number of carbonyl (C=O) groups is 3. The number of imide groups is 1. The van der Waals surface area contributed by atoms with E-state index in [1.807, 2.05) is 37.3 Å². The van der Waals surface area contributed by atoms with Gasteiger partial charge < -0.3 is 10.4 Å². The Kier molecular flexibility index (Phi) is 5.59. The molecule has 6 heteroatoms. The lowest BCUT2D eigenvalue weighted by molar-refractivity contribution is -0.165. The normalized spacial score (nSPS) is 24.7. The average Bonchev–Trinajstić information content (AvgIpc) is 2.64. The van der Waals surface area contributed by atoms with Crippen molar-refractivity contribution >= 4 is 17.9 Å². The zero-order chi connectivity index (χ0) is 18.7. The van der Waals surface area contributed by atoms with Crippen molar-refractivity contribution < 1.29 is 19.5 Å². The second kappa shape index (κ2) is 7.89. The predicted molar refractivity (Wildman–Crippen MR) is 96.5 cm³/mol. The Balaban J connectivity index is 1.64. The molecule has 1 aromatic carbocycles. The second-order valence-corrected chi connectivity index (χ2v) is 7.42. The van der Waals surface area contributed by atoms with Gasteiger partial charge in [0, 0.05) is 6.04 Å². The molecule has 2 N–H and O–H groups in total. The first-order valence-corrected chi connectivity index (χ1v) is 9.39. The minimum atomic E-state index is -1.13. The lowest BCUT2D eigenvalue weighted by Gasteiger charge is -2.43. The molecule has 1 aliphatic heterocycles. The van der Waals surface area contributed by atoms with Crippen LogP contribution in [0, 0.1) is 11.8 Å². The number of β-lactam (4-membered cyclic amide) rings is 1. The summed E-state index contributed by atoms with van der Waals surface area (Å²) in [4.78, 5) is 37.6. The van der Waals surface area contributed by atoms with Crippen molar-refractivity contribution in [3.63, 3.8) is 0 Å². The molecule has 1 aliphatic carbocycles. The van der Waals surface area contributed by atoms with Crippen molar-refractivity contribution in [2.45, 2.75) is 57.5 Å². The quantitative estimate of drug-likeness (QED) is 0.793. The number of likely N-dealkylation sites (tertiary alicyclic amines) is 1. The summed E-state index contributed by atoms with van der Waals surface area (Å²) in [6.07, 6.45) is 6.00. The van der Waals surface area contributed by atoms with Crippen molar-refractivity contribution in [1.82, 2.24) is 10.2 Å². The second-order valence-electron chi connectivity index (χ2n) is 7.42. The van der Waals surface area contributed by atoms with E-state index in [-0.39, 0.29) is 6.04 Å². The lowest BCUT2D eigenvalue weighted by Crippen LogP contribution is -2.69. The highest BCUT2D eigenvalue weighted by Gasteiger charge is 2.54. The minimum Gasteiger partial charge on any atom is -0.480 e. The number of aliphatic carboxylic acids is 1. The van der Waals surface area contributed by atoms with Crippen LogP contribution in [0.3, 0.4) is 0 Å². The zero-order valence-electron chi connectivity index (χ0n) is 15.1. The fourth-order valence-corrected chi connectivity index (χ4v) is 4.14. The van der Waals surface area contributed by atoms with Crippen LogP contribution in [0.15, 0.2) is 30.3 Å². The maximum Gasteiger partial charge on any atom is 0.327 e. The van der Waals surface area contributed by atoms with Crippen LogP contribution in [0.25, 0.3) is 0 Å². The maximum absolute atomic E-state index is 12.5. The highest BCUT2D eigenvalue weighted by atomic mass is 16.4. The van der Waals surface area contributed by atoms with Gasteiger partial charge in [-0.2, -0.15) is 0 Å². The summed E-state index contributed by atoms with van der Waals surface area (Å²) in [5.41, 5.74) is 0.896. The molecule has 2 fully saturated rings. The van der Waals surface area contributed by atoms with Crippen molar-refractivity contribution in [1.29, 1.82) is 0 Å². The molecular weight excluding hydrogens is 332 g/mol. The molecule has 1 saturated carbocycles. The number of hydrogen-bond donors (Lipinski definition) is 2. The fourth-order valence-electron chi connectivity index (χ4n) is 4.14. The molecule has 140 valence electrons. The Labute approximate surface area is 153 Å². The molecule has 3 atom stereocenters. The third-order valence-electron chi connectivity index (χ3n) is 5.69. The van der Waals surface area contributed by atoms with Crippen LogP contribution >= 0.6 is 0 Å². The standard InChI is InChI=1S/C20H26N2O4/c1-13(15-10-6-3-7-11-15)21-20(26)22-17(19(24)25)16(18(22)23)12-14-8-4-2-5-9-14/h2,4-5,8-9,13,15-17H,3,6-7,10-12H2,1H3,(H,21,26)(H,24,25)/t13-,16-,17+/m1/s1. The van der Waals surface area contributed by atoms with Crippen molar-refractivity contribution in [3.05, 3.63) is 35.9 Å². The first kappa shape index (κ1) is 18.4. The third-order valence-corrected chi connectivity index (χ3v) is 5.69. The molecule has 0 unspecified atom stereocenters. The average molecular weight is 358 g/mol. The van der Waals surface area contributed by atoms with Gasteiger partial charge in [-0.05, 0) is 37.7 Å². The molecule has 6 nitrogen and oxygen atoms in total. The minimum absolute atomic E-state index is 0.0572. The summed E-state index contributed by atoms with van der Waals surface area (Å²) in [7, 11) is 0. The molecule has 3 amide bonds. The van der Waals surface area contributed by atoms with Crippen LogP contribution in [0.2, 0.25) is 0 Å². The van der Waals surface area contributed by atoms with Crippen LogP contribution in [0.4, 0.5) is 4.79 Å². The van der Waals surface area contributed by atoms with Crippen molar-refractivity contribution in [3.8, 4) is 0 Å². The van der Waals surface area contributed by atoms with Gasteiger partial charge in [0.05, 0.1) is 5.92 Å². The number of carboxylic acid groups (broad SMARTS) is 1. The van der Waals surface area contributed by atoms with Gasteiger partial charge in [-0.15, -0.1) is 0 Å². The Morgan fingerprint density at radius 2 is 1.85 bits per heavy atom. The Morgan fingerprint density at radius 1 is 1.19 bits per heavy atom. The van der Waals surface area contributed by atoms with Gasteiger partial charge in [0.25, 0.3) is 0 Å². The predicted octanol–water partition coefficient (Wildman–Crippen LogP) is 2.82. The van der Waals surface area contributed by atoms with Gasteiger partial charge >= 0.3 is 12.0 Å². The SMILES string of the molecule is C[C@@H](NC(=O)N1C(=O)[C@H](Cc2ccccc2)[C@H]1C(=O)O)C1CCCCC1. The first-order chi connectivity index (χ1) is 12.5. The number of carboxylic acids is 1. The van der Waals surface area contributed by atoms with E-state index in [2.05, 4.69) is 5.32 Å². The highest BCUT2D eigenvalue weighted by Crippen LogP contribution is 2.31. The van der Waals surface area contributed by atoms with Gasteiger partial charge in [-0.1, -0.05) is 49.6 Å². The van der Waals surface area contributed by atoms with Crippen LogP contribution in [0.1, 0.15) is 44.6 Å². The summed E-state index contributed by atoms with van der Waals surface area (Å²) < 4.78 is 0. The van der Waals surface area contributed by atoms with E-state index in [9.17, 15) is 19.5 Å². The molecule has 0 spiro atoms. The molecule has 1 aromatic rings. The Morgan fingerprint density at radius 3 is 2.46 bits per heavy atom. The number of carbonyl (C=O) groups excluding carboxylic acids is 2. The Bertz CT molecular complexity index is 670. The summed E-state index contributed by atoms with van der Waals surface area (Å²) in [6, 6.07) is 7.56. The zero-order valence-corrected chi connectivity index (χ0v) is 15.1. The van der Waals surface area contributed by atoms with E-state index in [1.165, 1.54) is 6.42 Å². The summed E-state index contributed by atoms with van der Waals surface area (Å²) >= 11 is 0. The smallest absolute Gasteiger partial charge is 0.327 e. The number of benzene rings is 1. The largest absolute Gasteiger partial charge is 0.480 e. The van der Waals surface area contributed by atoms with Gasteiger partial charge in [-0.25, -0.2) is 14.5 Å². The summed E-state index contributed by atoms with van der Waals surface area (Å²) in [5.74, 6) is -1.83. The van der Waals surface area contributed by atoms with E-state index in [0.29, 0.717) is 12.3 Å². The van der Waals surface area contributed by atoms with Crippen LogP contribution in [-0.2, 0) is 16.0 Å². The topological polar surface area (TPSA) is 86.7 Å². The maximum atomic E-state index is 12.5.